The molecular weight excluding hydrogens is 192 g/mol. The molecule has 0 saturated heterocycles. The van der Waals surface area contributed by atoms with E-state index in [-0.39, 0.29) is 17.6 Å². The van der Waals surface area contributed by atoms with E-state index in [9.17, 15) is 9.90 Å². The van der Waals surface area contributed by atoms with Crippen molar-refractivity contribution in [2.75, 3.05) is 0 Å². The van der Waals surface area contributed by atoms with E-state index in [1.54, 1.807) is 19.9 Å². The van der Waals surface area contributed by atoms with E-state index in [0.29, 0.717) is 23.3 Å². The molecule has 3 heteroatoms. The van der Waals surface area contributed by atoms with Gasteiger partial charge < -0.3 is 9.84 Å². The number of benzene rings is 1. The highest BCUT2D eigenvalue weighted by Crippen LogP contribution is 2.37. The number of fused-ring (bicyclic) bond motifs is 1. The molecule has 0 aliphatic carbocycles. The summed E-state index contributed by atoms with van der Waals surface area (Å²) in [6.07, 6.45) is 0.308. The van der Waals surface area contributed by atoms with Crippen LogP contribution in [-0.4, -0.2) is 17.0 Å². The third-order valence-electron chi connectivity index (χ3n) is 2.77. The first-order valence-corrected chi connectivity index (χ1v) is 5.03. The fourth-order valence-electron chi connectivity index (χ4n) is 1.93. The van der Waals surface area contributed by atoms with Crippen LogP contribution in [0, 0.1) is 13.8 Å². The summed E-state index contributed by atoms with van der Waals surface area (Å²) >= 11 is 0. The number of phenolic OH excluding ortho intramolecular Hbond substituents is 1. The highest BCUT2D eigenvalue weighted by Gasteiger charge is 2.26. The number of rotatable bonds is 0. The summed E-state index contributed by atoms with van der Waals surface area (Å²) in [5, 5.41) is 9.74. The number of Topliss-reactive ketones (excluding diaryl/α,β-unsaturated/α-hetero) is 1. The molecule has 1 N–H and O–H groups in total. The topological polar surface area (TPSA) is 46.5 Å². The molecule has 0 amide bonds. The molecule has 1 aromatic carbocycles. The Morgan fingerprint density at radius 3 is 2.80 bits per heavy atom. The lowest BCUT2D eigenvalue weighted by atomic mass is 9.96. The quantitative estimate of drug-likeness (QED) is 0.708. The third-order valence-corrected chi connectivity index (χ3v) is 2.77. The van der Waals surface area contributed by atoms with Crippen molar-refractivity contribution < 1.29 is 14.6 Å². The van der Waals surface area contributed by atoms with Crippen LogP contribution >= 0.6 is 0 Å². The maximum Gasteiger partial charge on any atom is 0.170 e. The first kappa shape index (κ1) is 10.0. The molecule has 0 unspecified atom stereocenters. The summed E-state index contributed by atoms with van der Waals surface area (Å²) in [5.41, 5.74) is 1.98. The van der Waals surface area contributed by atoms with Gasteiger partial charge in [0.1, 0.15) is 17.6 Å². The van der Waals surface area contributed by atoms with Gasteiger partial charge in [-0.15, -0.1) is 0 Å². The SMILES string of the molecule is Cc1cc2c(c(C)c1O)O[C@H](C)CC2=O. The lowest BCUT2D eigenvalue weighted by molar-refractivity contribution is 0.0869. The van der Waals surface area contributed by atoms with Gasteiger partial charge in [-0.25, -0.2) is 0 Å². The highest BCUT2D eigenvalue weighted by molar-refractivity contribution is 6.00. The fourth-order valence-corrected chi connectivity index (χ4v) is 1.93. The van der Waals surface area contributed by atoms with Crippen LogP contribution in [0.1, 0.15) is 34.8 Å². The van der Waals surface area contributed by atoms with Crippen molar-refractivity contribution in [1.82, 2.24) is 0 Å². The molecule has 1 aromatic rings. The second kappa shape index (κ2) is 3.26. The van der Waals surface area contributed by atoms with Gasteiger partial charge in [0.05, 0.1) is 5.56 Å². The zero-order valence-corrected chi connectivity index (χ0v) is 9.13. The monoisotopic (exact) mass is 206 g/mol. The number of carbonyl (C=O) groups excluding carboxylic acids is 1. The molecule has 0 spiro atoms. The number of hydrogen-bond acceptors (Lipinski definition) is 3. The van der Waals surface area contributed by atoms with Gasteiger partial charge in [-0.3, -0.25) is 4.79 Å². The highest BCUT2D eigenvalue weighted by atomic mass is 16.5. The van der Waals surface area contributed by atoms with Crippen molar-refractivity contribution in [3.8, 4) is 11.5 Å². The summed E-state index contributed by atoms with van der Waals surface area (Å²) in [5.74, 6) is 0.854. The van der Waals surface area contributed by atoms with Gasteiger partial charge in [-0.05, 0) is 32.4 Å². The second-order valence-corrected chi connectivity index (χ2v) is 4.10. The van der Waals surface area contributed by atoms with E-state index >= 15 is 0 Å². The number of aromatic hydroxyl groups is 1. The van der Waals surface area contributed by atoms with Gasteiger partial charge in [0, 0.05) is 12.0 Å². The third kappa shape index (κ3) is 1.48. The smallest absolute Gasteiger partial charge is 0.170 e. The summed E-state index contributed by atoms with van der Waals surface area (Å²) < 4.78 is 5.59. The Labute approximate surface area is 88.7 Å². The Bertz CT molecular complexity index is 435. The van der Waals surface area contributed by atoms with E-state index < -0.39 is 0 Å². The van der Waals surface area contributed by atoms with Gasteiger partial charge in [-0.1, -0.05) is 0 Å². The first-order valence-electron chi connectivity index (χ1n) is 5.03. The zero-order chi connectivity index (χ0) is 11.2. The number of aryl methyl sites for hydroxylation is 1. The molecule has 2 rings (SSSR count). The van der Waals surface area contributed by atoms with Gasteiger partial charge in [0.25, 0.3) is 0 Å². The summed E-state index contributed by atoms with van der Waals surface area (Å²) in [6.45, 7) is 5.41. The average Bonchev–Trinajstić information content (AvgIpc) is 2.17. The average molecular weight is 206 g/mol. The molecule has 15 heavy (non-hydrogen) atoms. The summed E-state index contributed by atoms with van der Waals surface area (Å²) in [6, 6.07) is 1.70. The number of phenols is 1. The number of ketones is 1. The van der Waals surface area contributed by atoms with Crippen molar-refractivity contribution in [3.05, 3.63) is 22.8 Å². The van der Waals surface area contributed by atoms with Crippen LogP contribution in [0.15, 0.2) is 6.07 Å². The molecule has 0 aromatic heterocycles. The molecule has 0 radical (unpaired) electrons. The second-order valence-electron chi connectivity index (χ2n) is 4.10. The molecule has 1 heterocycles. The number of carbonyl (C=O) groups is 1. The maximum atomic E-state index is 11.8. The van der Waals surface area contributed by atoms with E-state index in [2.05, 4.69) is 0 Å². The minimum absolute atomic E-state index is 0.0925. The van der Waals surface area contributed by atoms with Crippen molar-refractivity contribution in [1.29, 1.82) is 0 Å². The minimum atomic E-state index is -0.106. The van der Waals surface area contributed by atoms with Crippen molar-refractivity contribution >= 4 is 5.78 Å². The Kier molecular flexibility index (Phi) is 2.18. The lowest BCUT2D eigenvalue weighted by Crippen LogP contribution is -2.24. The first-order chi connectivity index (χ1) is 7.00. The molecule has 0 saturated carbocycles. The van der Waals surface area contributed by atoms with Crippen LogP contribution < -0.4 is 4.74 Å². The van der Waals surface area contributed by atoms with Crippen LogP contribution in [0.3, 0.4) is 0 Å². The molecule has 1 atom stereocenters. The van der Waals surface area contributed by atoms with Gasteiger partial charge in [0.2, 0.25) is 0 Å². The van der Waals surface area contributed by atoms with Crippen molar-refractivity contribution in [2.24, 2.45) is 0 Å². The Balaban J connectivity index is 2.66. The molecule has 80 valence electrons. The van der Waals surface area contributed by atoms with Crippen LogP contribution in [0.25, 0.3) is 0 Å². The predicted octanol–water partition coefficient (Wildman–Crippen LogP) is 2.36. The standard InChI is InChI=1S/C12H14O3/c1-6-4-9-10(13)5-7(2)15-12(9)8(3)11(6)14/h4,7,14H,5H2,1-3H3/t7-/m1/s1. The molecular formula is C12H14O3. The predicted molar refractivity (Wildman–Crippen MR) is 56.6 cm³/mol. The van der Waals surface area contributed by atoms with Crippen molar-refractivity contribution in [2.45, 2.75) is 33.3 Å². The van der Waals surface area contributed by atoms with Crippen LogP contribution in [0.4, 0.5) is 0 Å². The van der Waals surface area contributed by atoms with Crippen LogP contribution in [0.2, 0.25) is 0 Å². The maximum absolute atomic E-state index is 11.8. The Morgan fingerprint density at radius 1 is 1.47 bits per heavy atom. The molecule has 0 bridgehead atoms. The van der Waals surface area contributed by atoms with Gasteiger partial charge in [-0.2, -0.15) is 0 Å². The molecule has 0 fully saturated rings. The van der Waals surface area contributed by atoms with E-state index in [1.165, 1.54) is 0 Å². The van der Waals surface area contributed by atoms with Gasteiger partial charge >= 0.3 is 0 Å². The van der Waals surface area contributed by atoms with Crippen molar-refractivity contribution in [3.63, 3.8) is 0 Å². The van der Waals surface area contributed by atoms with Crippen LogP contribution in [-0.2, 0) is 0 Å². The number of ether oxygens (including phenoxy) is 1. The summed E-state index contributed by atoms with van der Waals surface area (Å²) in [4.78, 5) is 11.8. The normalized spacial score (nSPS) is 19.7. The van der Waals surface area contributed by atoms with Gasteiger partial charge in [0.15, 0.2) is 5.78 Å². The summed E-state index contributed by atoms with van der Waals surface area (Å²) in [7, 11) is 0. The lowest BCUT2D eigenvalue weighted by Gasteiger charge is -2.24. The van der Waals surface area contributed by atoms with E-state index in [4.69, 9.17) is 4.74 Å². The molecule has 1 aliphatic heterocycles. The fraction of sp³-hybridized carbons (Fsp3) is 0.417. The Morgan fingerprint density at radius 2 is 2.13 bits per heavy atom. The Hall–Kier alpha value is -1.51. The zero-order valence-electron chi connectivity index (χ0n) is 9.13. The number of hydrogen-bond donors (Lipinski definition) is 1. The molecule has 1 aliphatic rings. The van der Waals surface area contributed by atoms with E-state index in [1.807, 2.05) is 6.92 Å². The van der Waals surface area contributed by atoms with E-state index in [0.717, 1.165) is 5.56 Å². The van der Waals surface area contributed by atoms with Crippen LogP contribution in [0.5, 0.6) is 11.5 Å². The largest absolute Gasteiger partial charge is 0.507 e. The minimum Gasteiger partial charge on any atom is -0.507 e. The molecule has 3 nitrogen and oxygen atoms in total.